The molecule has 20 heavy (non-hydrogen) atoms. The van der Waals surface area contributed by atoms with Crippen molar-refractivity contribution in [3.8, 4) is 0 Å². The van der Waals surface area contributed by atoms with Crippen molar-refractivity contribution in [2.24, 2.45) is 0 Å². The first kappa shape index (κ1) is 14.8. The molecule has 3 nitrogen and oxygen atoms in total. The van der Waals surface area contributed by atoms with Crippen molar-refractivity contribution in [2.75, 3.05) is 5.73 Å². The van der Waals surface area contributed by atoms with Crippen LogP contribution in [-0.2, 0) is 11.2 Å². The minimum atomic E-state index is -0.225. The molecule has 0 radical (unpaired) electrons. The van der Waals surface area contributed by atoms with Crippen molar-refractivity contribution in [3.05, 3.63) is 47.7 Å². The summed E-state index contributed by atoms with van der Waals surface area (Å²) >= 11 is 1.37. The van der Waals surface area contributed by atoms with E-state index in [1.165, 1.54) is 17.8 Å². The van der Waals surface area contributed by atoms with Crippen molar-refractivity contribution in [2.45, 2.75) is 36.8 Å². The van der Waals surface area contributed by atoms with E-state index in [4.69, 9.17) is 5.73 Å². The Morgan fingerprint density at radius 3 is 2.55 bits per heavy atom. The minimum Gasteiger partial charge on any atom is -0.384 e. The van der Waals surface area contributed by atoms with Gasteiger partial charge in [-0.1, -0.05) is 32.9 Å². The number of nitrogens with zero attached hydrogens (tertiary/aromatic N) is 2. The number of nitrogens with two attached hydrogens (primary N) is 1. The van der Waals surface area contributed by atoms with Gasteiger partial charge >= 0.3 is 0 Å². The van der Waals surface area contributed by atoms with Crippen LogP contribution < -0.4 is 5.73 Å². The predicted octanol–water partition coefficient (Wildman–Crippen LogP) is 3.79. The van der Waals surface area contributed by atoms with Crippen LogP contribution in [0.1, 0.15) is 32.3 Å². The molecule has 2 aromatic rings. The average molecular weight is 291 g/mol. The van der Waals surface area contributed by atoms with E-state index in [0.717, 1.165) is 5.69 Å². The van der Waals surface area contributed by atoms with Gasteiger partial charge in [0.05, 0.1) is 11.4 Å². The molecule has 2 rings (SSSR count). The van der Waals surface area contributed by atoms with Crippen molar-refractivity contribution < 1.29 is 4.39 Å². The number of thioether (sulfide) groups is 1. The molecule has 2 N–H and O–H groups in total. The van der Waals surface area contributed by atoms with Gasteiger partial charge in [-0.05, 0) is 12.1 Å². The van der Waals surface area contributed by atoms with Crippen LogP contribution in [-0.4, -0.2) is 9.97 Å². The Labute approximate surface area is 122 Å². The number of benzene rings is 1. The first-order valence-electron chi connectivity index (χ1n) is 6.37. The minimum absolute atomic E-state index is 0.0888. The van der Waals surface area contributed by atoms with E-state index in [1.54, 1.807) is 18.2 Å². The van der Waals surface area contributed by atoms with Crippen LogP contribution in [0.25, 0.3) is 0 Å². The molecule has 0 bridgehead atoms. The largest absolute Gasteiger partial charge is 0.384 e. The molecule has 0 fully saturated rings. The molecular weight excluding hydrogens is 273 g/mol. The molecule has 0 aliphatic heterocycles. The number of rotatable bonds is 3. The van der Waals surface area contributed by atoms with Crippen molar-refractivity contribution >= 4 is 17.6 Å². The van der Waals surface area contributed by atoms with E-state index in [9.17, 15) is 4.39 Å². The van der Waals surface area contributed by atoms with E-state index in [2.05, 4.69) is 30.7 Å². The number of hydrogen-bond donors (Lipinski definition) is 1. The van der Waals surface area contributed by atoms with Crippen molar-refractivity contribution in [3.63, 3.8) is 0 Å². The van der Waals surface area contributed by atoms with Crippen LogP contribution in [0.15, 0.2) is 35.2 Å². The maximum atomic E-state index is 13.6. The lowest BCUT2D eigenvalue weighted by Crippen LogP contribution is -2.16. The van der Waals surface area contributed by atoms with E-state index in [0.29, 0.717) is 22.3 Å². The standard InChI is InChI=1S/C15H18FN3S/c1-15(2,3)12-8-13(17)19-14(18-12)9-20-11-7-5-4-6-10(11)16/h4-8H,9H2,1-3H3,(H2,17,18,19). The highest BCUT2D eigenvalue weighted by Crippen LogP contribution is 2.26. The highest BCUT2D eigenvalue weighted by molar-refractivity contribution is 7.98. The molecule has 0 amide bonds. The lowest BCUT2D eigenvalue weighted by molar-refractivity contribution is 0.564. The zero-order valence-electron chi connectivity index (χ0n) is 11.9. The maximum Gasteiger partial charge on any atom is 0.141 e. The quantitative estimate of drug-likeness (QED) is 0.874. The van der Waals surface area contributed by atoms with Gasteiger partial charge in [0.25, 0.3) is 0 Å². The smallest absolute Gasteiger partial charge is 0.141 e. The van der Waals surface area contributed by atoms with Gasteiger partial charge in [-0.15, -0.1) is 11.8 Å². The Morgan fingerprint density at radius 1 is 1.20 bits per heavy atom. The Balaban J connectivity index is 2.18. The van der Waals surface area contributed by atoms with Crippen molar-refractivity contribution in [1.82, 2.24) is 9.97 Å². The molecule has 0 aliphatic rings. The van der Waals surface area contributed by atoms with E-state index in [1.807, 2.05) is 6.07 Å². The molecule has 0 saturated carbocycles. The van der Waals surface area contributed by atoms with Crippen molar-refractivity contribution in [1.29, 1.82) is 0 Å². The molecule has 0 atom stereocenters. The molecule has 0 spiro atoms. The van der Waals surface area contributed by atoms with E-state index >= 15 is 0 Å². The summed E-state index contributed by atoms with van der Waals surface area (Å²) in [6.07, 6.45) is 0. The third kappa shape index (κ3) is 3.70. The SMILES string of the molecule is CC(C)(C)c1cc(N)nc(CSc2ccccc2F)n1. The number of nitrogen functional groups attached to an aromatic ring is 1. The zero-order valence-corrected chi connectivity index (χ0v) is 12.7. The van der Waals surface area contributed by atoms with Crippen LogP contribution in [0.5, 0.6) is 0 Å². The maximum absolute atomic E-state index is 13.6. The normalized spacial score (nSPS) is 11.6. The lowest BCUT2D eigenvalue weighted by Gasteiger charge is -2.18. The van der Waals surface area contributed by atoms with Crippen LogP contribution in [0.2, 0.25) is 0 Å². The summed E-state index contributed by atoms with van der Waals surface area (Å²) < 4.78 is 13.6. The number of anilines is 1. The van der Waals surface area contributed by atoms with Gasteiger partial charge < -0.3 is 5.73 Å². The molecule has 0 saturated heterocycles. The van der Waals surface area contributed by atoms with Gasteiger partial charge in [0.15, 0.2) is 0 Å². The topological polar surface area (TPSA) is 51.8 Å². The van der Waals surface area contributed by atoms with Crippen LogP contribution in [0.4, 0.5) is 10.2 Å². The second-order valence-electron chi connectivity index (χ2n) is 5.56. The molecule has 0 unspecified atom stereocenters. The summed E-state index contributed by atoms with van der Waals surface area (Å²) in [5.41, 5.74) is 6.63. The third-order valence-corrected chi connectivity index (χ3v) is 3.80. The first-order chi connectivity index (χ1) is 9.36. The van der Waals surface area contributed by atoms with Gasteiger partial charge in [0, 0.05) is 16.4 Å². The fraction of sp³-hybridized carbons (Fsp3) is 0.333. The van der Waals surface area contributed by atoms with Gasteiger partial charge in [-0.3, -0.25) is 0 Å². The van der Waals surface area contributed by atoms with Gasteiger partial charge in [-0.2, -0.15) is 0 Å². The predicted molar refractivity (Wildman–Crippen MR) is 81.1 cm³/mol. The lowest BCUT2D eigenvalue weighted by atomic mass is 9.92. The van der Waals surface area contributed by atoms with Crippen LogP contribution in [0.3, 0.4) is 0 Å². The highest BCUT2D eigenvalue weighted by atomic mass is 32.2. The summed E-state index contributed by atoms with van der Waals surface area (Å²) in [5, 5.41) is 0. The van der Waals surface area contributed by atoms with Gasteiger partial charge in [0.1, 0.15) is 17.5 Å². The van der Waals surface area contributed by atoms with E-state index in [-0.39, 0.29) is 11.2 Å². The van der Waals surface area contributed by atoms with Crippen LogP contribution >= 0.6 is 11.8 Å². The number of aromatic nitrogens is 2. The first-order valence-corrected chi connectivity index (χ1v) is 7.36. The molecule has 0 aliphatic carbocycles. The Kier molecular flexibility index (Phi) is 4.28. The summed E-state index contributed by atoms with van der Waals surface area (Å²) in [6.45, 7) is 6.22. The summed E-state index contributed by atoms with van der Waals surface area (Å²) in [5.74, 6) is 1.35. The monoisotopic (exact) mass is 291 g/mol. The number of hydrogen-bond acceptors (Lipinski definition) is 4. The third-order valence-electron chi connectivity index (χ3n) is 2.75. The van der Waals surface area contributed by atoms with Gasteiger partial charge in [0.2, 0.25) is 0 Å². The molecule has 106 valence electrons. The Bertz CT molecular complexity index is 608. The Morgan fingerprint density at radius 2 is 1.90 bits per heavy atom. The second kappa shape index (κ2) is 5.79. The fourth-order valence-corrected chi connectivity index (χ4v) is 2.46. The summed E-state index contributed by atoms with van der Waals surface area (Å²) in [6, 6.07) is 8.47. The summed E-state index contributed by atoms with van der Waals surface area (Å²) in [4.78, 5) is 9.32. The van der Waals surface area contributed by atoms with Crippen LogP contribution in [0, 0.1) is 5.82 Å². The van der Waals surface area contributed by atoms with E-state index < -0.39 is 0 Å². The Hall–Kier alpha value is -1.62. The molecule has 1 aromatic carbocycles. The van der Waals surface area contributed by atoms with Gasteiger partial charge in [-0.25, -0.2) is 14.4 Å². The second-order valence-corrected chi connectivity index (χ2v) is 6.58. The average Bonchev–Trinajstić information content (AvgIpc) is 2.36. The number of halogens is 1. The molecular formula is C15H18FN3S. The highest BCUT2D eigenvalue weighted by Gasteiger charge is 2.17. The molecule has 1 heterocycles. The summed E-state index contributed by atoms with van der Waals surface area (Å²) in [7, 11) is 0. The zero-order chi connectivity index (χ0) is 14.8. The molecule has 5 heteroatoms. The molecule has 1 aromatic heterocycles. The fourth-order valence-electron chi connectivity index (χ4n) is 1.67.